The molecule has 24 aromatic rings. The Morgan fingerprint density at radius 2 is 0.333 bits per heavy atom. The lowest BCUT2D eigenvalue weighted by Crippen LogP contribution is -1.95. The van der Waals surface area contributed by atoms with Crippen LogP contribution in [0.2, 0.25) is 0 Å². The molecule has 27 rings (SSSR count). The van der Waals surface area contributed by atoms with E-state index in [2.05, 4.69) is 469 Å². The Labute approximate surface area is 712 Å². The minimum atomic E-state index is 1.17. The van der Waals surface area contributed by atoms with Gasteiger partial charge in [-0.25, -0.2) is 0 Å². The Kier molecular flexibility index (Phi) is 16.1. The number of hydrogen-bond donors (Lipinski definition) is 0. The number of fused-ring (bicyclic) bond motifs is 9. The van der Waals surface area contributed by atoms with E-state index in [1.165, 1.54) is 248 Å². The number of rotatable bonds is 9. The maximum absolute atomic E-state index is 2.47. The third-order valence-corrected chi connectivity index (χ3v) is 26.2. The van der Waals surface area contributed by atoms with Crippen molar-refractivity contribution in [2.24, 2.45) is 0 Å². The average molecular weight is 1560 g/mol. The van der Waals surface area contributed by atoms with Crippen molar-refractivity contribution in [3.8, 4) is 151 Å². The highest BCUT2D eigenvalue weighted by atomic mass is 15.0. The normalized spacial score (nSPS) is 11.9. The first-order chi connectivity index (χ1) is 61.1. The van der Waals surface area contributed by atoms with Gasteiger partial charge in [-0.1, -0.05) is 382 Å². The zero-order valence-corrected chi connectivity index (χ0v) is 67.1. The van der Waals surface area contributed by atoms with Crippen molar-refractivity contribution < 1.29 is 0 Å². The van der Waals surface area contributed by atoms with Crippen LogP contribution in [0.3, 0.4) is 0 Å². The van der Waals surface area contributed by atoms with Gasteiger partial charge in [0.05, 0.1) is 33.1 Å². The molecule has 0 atom stereocenters. The SMILES string of the molecule is c1ccc(-c2ccc(-c3cccc(-n4c5cccc6c5c5c7c(cccc7ccc54)-c4ccccc4-6)c3)cc2)cc1.c1ccc(-c2ccccc2-c2ccc(-n3c4cccc5c4c4c6c(cccc6ccc43)-c3ccccc3-5)cc2)cc1.c1ccc(-c2ccccc2-c2cccc(-n3c4cccc5c4c4c6c(cccc6ccc43)-c3ccccc3-5)c2)cc1. The van der Waals surface area contributed by atoms with Gasteiger partial charge in [-0.05, 0) is 239 Å². The third-order valence-electron chi connectivity index (χ3n) is 26.2. The van der Waals surface area contributed by atoms with Crippen LogP contribution in [0.1, 0.15) is 0 Å². The van der Waals surface area contributed by atoms with Gasteiger partial charge in [0.2, 0.25) is 0 Å². The van der Waals surface area contributed by atoms with E-state index >= 15 is 0 Å². The predicted molar refractivity (Wildman–Crippen MR) is 521 cm³/mol. The zero-order valence-electron chi connectivity index (χ0n) is 67.1. The molecule has 0 saturated carbocycles. The summed E-state index contributed by atoms with van der Waals surface area (Å²) < 4.78 is 7.37. The van der Waals surface area contributed by atoms with Crippen LogP contribution in [-0.2, 0) is 0 Å². The van der Waals surface area contributed by atoms with Gasteiger partial charge in [0.15, 0.2) is 0 Å². The van der Waals surface area contributed by atoms with Gasteiger partial charge < -0.3 is 13.7 Å². The van der Waals surface area contributed by atoms with E-state index in [4.69, 9.17) is 0 Å². The van der Waals surface area contributed by atoms with E-state index < -0.39 is 0 Å². The van der Waals surface area contributed by atoms with Crippen LogP contribution in [-0.4, -0.2) is 13.7 Å². The van der Waals surface area contributed by atoms with Crippen LogP contribution in [0.5, 0.6) is 0 Å². The molecule has 21 aromatic carbocycles. The van der Waals surface area contributed by atoms with Crippen LogP contribution in [0.15, 0.2) is 455 Å². The topological polar surface area (TPSA) is 14.8 Å². The summed E-state index contributed by atoms with van der Waals surface area (Å²) in [5, 5.41) is 15.9. The van der Waals surface area contributed by atoms with Gasteiger partial charge in [0.25, 0.3) is 0 Å². The summed E-state index contributed by atoms with van der Waals surface area (Å²) in [4.78, 5) is 0. The summed E-state index contributed by atoms with van der Waals surface area (Å²) in [5.41, 5.74) is 41.4. The quantitative estimate of drug-likeness (QED) is 0.137. The number of benzene rings is 21. The molecule has 0 aliphatic heterocycles. The van der Waals surface area contributed by atoms with Crippen LogP contribution in [0.25, 0.3) is 248 Å². The van der Waals surface area contributed by atoms with Gasteiger partial charge in [-0.3, -0.25) is 0 Å². The summed E-state index contributed by atoms with van der Waals surface area (Å²) >= 11 is 0. The second kappa shape index (κ2) is 28.3. The maximum atomic E-state index is 2.47. The van der Waals surface area contributed by atoms with E-state index in [1.807, 2.05) is 0 Å². The Morgan fingerprint density at radius 3 is 0.699 bits per heavy atom. The molecule has 0 saturated heterocycles. The molecule has 123 heavy (non-hydrogen) atoms. The van der Waals surface area contributed by atoms with E-state index in [0.717, 1.165) is 0 Å². The molecule has 3 heterocycles. The first-order valence-electron chi connectivity index (χ1n) is 42.6. The van der Waals surface area contributed by atoms with E-state index in [-0.39, 0.29) is 0 Å². The largest absolute Gasteiger partial charge is 0.309 e. The molecule has 3 aromatic heterocycles. The minimum absolute atomic E-state index is 1.17. The van der Waals surface area contributed by atoms with Gasteiger partial charge in [0, 0.05) is 49.4 Å². The van der Waals surface area contributed by atoms with E-state index in [0.29, 0.717) is 0 Å². The second-order valence-electron chi connectivity index (χ2n) is 32.7. The second-order valence-corrected chi connectivity index (χ2v) is 32.7. The molecule has 0 unspecified atom stereocenters. The molecule has 570 valence electrons. The average Bonchev–Trinajstić information content (AvgIpc) is 1.55. The van der Waals surface area contributed by atoms with Crippen molar-refractivity contribution >= 4 is 97.7 Å². The molecule has 3 aliphatic rings. The summed E-state index contributed by atoms with van der Waals surface area (Å²) in [5.74, 6) is 0. The van der Waals surface area contributed by atoms with Crippen LogP contribution < -0.4 is 0 Å². The van der Waals surface area contributed by atoms with Gasteiger partial charge in [-0.15, -0.1) is 0 Å². The van der Waals surface area contributed by atoms with Crippen molar-refractivity contribution in [2.45, 2.75) is 0 Å². The molecule has 0 fully saturated rings. The van der Waals surface area contributed by atoms with Crippen LogP contribution in [0, 0.1) is 0 Å². The first-order valence-corrected chi connectivity index (χ1v) is 42.6. The smallest absolute Gasteiger partial charge is 0.0548 e. The summed E-state index contributed by atoms with van der Waals surface area (Å²) in [6, 6.07) is 166. The highest BCUT2D eigenvalue weighted by Crippen LogP contribution is 2.54. The molecule has 3 nitrogen and oxygen atoms in total. The standard InChI is InChI=1S/3C40H25N/c1-2-9-26(10-3-1)27-19-21-28(22-20-27)30-12-6-13-31(25-30)41-36-18-8-17-35-33-15-5-4-14-32(33)34-16-7-11-29-23-24-37(41)40(38(29)34)39(35)36;1-2-11-26(12-3-1)30-16-4-5-17-31(30)28-14-8-15-29(25-28)41-36-22-10-21-35-33-19-7-6-18-32(33)34-20-9-13-27-23-24-37(41)40(38(27)34)39(35)36;1-2-10-26(11-3-1)30-13-4-5-14-31(30)27-20-23-29(24-21-27)41-36-19-9-18-35-33-16-7-6-15-32(33)34-17-8-12-28-22-25-37(41)40(38(28)34)39(35)36/h3*1-25H. The highest BCUT2D eigenvalue weighted by Gasteiger charge is 2.30. The Balaban J connectivity index is 0.000000101. The lowest BCUT2D eigenvalue weighted by molar-refractivity contribution is 1.18. The number of aromatic nitrogens is 3. The Bertz CT molecular complexity index is 8440. The molecule has 0 bridgehead atoms. The van der Waals surface area contributed by atoms with Crippen molar-refractivity contribution in [1.29, 1.82) is 0 Å². The molecule has 0 spiro atoms. The van der Waals surface area contributed by atoms with E-state index in [1.54, 1.807) is 0 Å². The van der Waals surface area contributed by atoms with Crippen molar-refractivity contribution in [3.05, 3.63) is 455 Å². The Morgan fingerprint density at radius 1 is 0.106 bits per heavy atom. The molecule has 0 amide bonds. The fourth-order valence-electron chi connectivity index (χ4n) is 20.9. The van der Waals surface area contributed by atoms with Crippen LogP contribution in [0.4, 0.5) is 0 Å². The fraction of sp³-hybridized carbons (Fsp3) is 0. The van der Waals surface area contributed by atoms with Gasteiger partial charge in [-0.2, -0.15) is 0 Å². The molecule has 3 heteroatoms. The van der Waals surface area contributed by atoms with Crippen molar-refractivity contribution in [3.63, 3.8) is 0 Å². The van der Waals surface area contributed by atoms with Gasteiger partial charge in [0.1, 0.15) is 0 Å². The molecule has 0 N–H and O–H groups in total. The van der Waals surface area contributed by atoms with Gasteiger partial charge >= 0.3 is 0 Å². The summed E-state index contributed by atoms with van der Waals surface area (Å²) in [6.07, 6.45) is 0. The summed E-state index contributed by atoms with van der Waals surface area (Å²) in [7, 11) is 0. The lowest BCUT2D eigenvalue weighted by Gasteiger charge is -2.15. The first kappa shape index (κ1) is 69.9. The Hall–Kier alpha value is -16.2. The monoisotopic (exact) mass is 1560 g/mol. The number of nitrogens with zero attached hydrogens (tertiary/aromatic N) is 3. The number of hydrogen-bond acceptors (Lipinski definition) is 0. The molecular formula is C120H75N3. The highest BCUT2D eigenvalue weighted by molar-refractivity contribution is 6.33. The minimum Gasteiger partial charge on any atom is -0.309 e. The van der Waals surface area contributed by atoms with Crippen LogP contribution >= 0.6 is 0 Å². The van der Waals surface area contributed by atoms with E-state index in [9.17, 15) is 0 Å². The zero-order chi connectivity index (χ0) is 80.7. The third kappa shape index (κ3) is 11.0. The molecule has 3 aliphatic carbocycles. The van der Waals surface area contributed by atoms with Crippen molar-refractivity contribution in [2.75, 3.05) is 0 Å². The maximum Gasteiger partial charge on any atom is 0.0548 e. The molecular weight excluding hydrogens is 1480 g/mol. The molecule has 0 radical (unpaired) electrons. The lowest BCUT2D eigenvalue weighted by atomic mass is 9.93. The summed E-state index contributed by atoms with van der Waals surface area (Å²) in [6.45, 7) is 0. The fourth-order valence-corrected chi connectivity index (χ4v) is 20.9. The van der Waals surface area contributed by atoms with Crippen molar-refractivity contribution in [1.82, 2.24) is 13.7 Å². The predicted octanol–water partition coefficient (Wildman–Crippen LogP) is 32.8.